The van der Waals surface area contributed by atoms with Crippen LogP contribution in [0.15, 0.2) is 42.5 Å². The molecule has 5 rings (SSSR count). The van der Waals surface area contributed by atoms with Crippen LogP contribution < -0.4 is 5.32 Å². The van der Waals surface area contributed by atoms with Crippen molar-refractivity contribution in [1.82, 2.24) is 10.2 Å². The normalized spacial score (nSPS) is 28.9. The Kier molecular flexibility index (Phi) is 7.06. The molecule has 2 aliphatic carbocycles. The smallest absolute Gasteiger partial charge is 0.224 e. The van der Waals surface area contributed by atoms with Crippen molar-refractivity contribution in [2.75, 3.05) is 26.7 Å². The number of hydrogen-bond donors (Lipinski definition) is 2. The van der Waals surface area contributed by atoms with Crippen molar-refractivity contribution in [2.24, 2.45) is 5.92 Å². The number of rotatable bonds is 7. The predicted molar refractivity (Wildman–Crippen MR) is 139 cm³/mol. The number of phenolic OH excluding ortho intramolecular Hbond substituents is 1. The summed E-state index contributed by atoms with van der Waals surface area (Å²) in [5, 5.41) is 14.6. The van der Waals surface area contributed by atoms with Crippen molar-refractivity contribution in [1.29, 1.82) is 0 Å². The van der Waals surface area contributed by atoms with Crippen molar-refractivity contribution in [3.63, 3.8) is 0 Å². The highest BCUT2D eigenvalue weighted by atomic mass is 35.5. The molecule has 2 saturated carbocycles. The Bertz CT molecular complexity index is 1090. The van der Waals surface area contributed by atoms with E-state index in [9.17, 15) is 9.90 Å². The summed E-state index contributed by atoms with van der Waals surface area (Å²) in [6.07, 6.45) is 6.38. The topological polar surface area (TPSA) is 61.8 Å². The van der Waals surface area contributed by atoms with Crippen LogP contribution in [0.3, 0.4) is 0 Å². The molecule has 0 bridgehead atoms. The number of benzene rings is 2. The van der Waals surface area contributed by atoms with E-state index in [1.54, 1.807) is 18.2 Å². The number of nitrogens with one attached hydrogen (secondary N) is 1. The van der Waals surface area contributed by atoms with Crippen LogP contribution in [-0.4, -0.2) is 54.3 Å². The zero-order valence-electron chi connectivity index (χ0n) is 20.2. The highest BCUT2D eigenvalue weighted by Crippen LogP contribution is 2.54. The number of aromatic hydroxyl groups is 1. The first kappa shape index (κ1) is 24.9. The fourth-order valence-electron chi connectivity index (χ4n) is 6.45. The molecule has 188 valence electrons. The third kappa shape index (κ3) is 5.06. The van der Waals surface area contributed by atoms with Gasteiger partial charge in [0.1, 0.15) is 5.75 Å². The number of piperidine rings is 1. The lowest BCUT2D eigenvalue weighted by molar-refractivity contribution is -0.151. The standard InChI is InChI=1S/C28H34Cl2N2O3/c1-35-28-10-9-22(31-26(34)14-20-7-8-24(29)25(30)13-20)16-27(28,21-3-2-4-23(33)15-21)11-12-32(18-28)17-19-5-6-19/h2-4,7-8,13,15,19,22,33H,5-6,9-12,14,16-18H2,1H3,(H,31,34). The van der Waals surface area contributed by atoms with Crippen LogP contribution in [0.5, 0.6) is 5.75 Å². The van der Waals surface area contributed by atoms with Gasteiger partial charge in [0, 0.05) is 31.7 Å². The molecule has 35 heavy (non-hydrogen) atoms. The number of fused-ring (bicyclic) bond motifs is 1. The first-order chi connectivity index (χ1) is 16.8. The number of halogens is 2. The number of nitrogens with zero attached hydrogens (tertiary/aromatic N) is 1. The van der Waals surface area contributed by atoms with E-state index in [0.29, 0.717) is 10.0 Å². The second-order valence-electron chi connectivity index (χ2n) is 10.7. The van der Waals surface area contributed by atoms with E-state index in [-0.39, 0.29) is 35.1 Å². The van der Waals surface area contributed by atoms with Crippen LogP contribution in [0.1, 0.15) is 49.7 Å². The molecule has 5 nitrogen and oxygen atoms in total. The highest BCUT2D eigenvalue weighted by molar-refractivity contribution is 6.42. The summed E-state index contributed by atoms with van der Waals surface area (Å²) >= 11 is 12.2. The number of amides is 1. The van der Waals surface area contributed by atoms with Crippen molar-refractivity contribution in [3.8, 4) is 5.75 Å². The Labute approximate surface area is 217 Å². The number of phenols is 1. The van der Waals surface area contributed by atoms with Crippen LogP contribution in [0.4, 0.5) is 0 Å². The molecule has 1 saturated heterocycles. The van der Waals surface area contributed by atoms with Gasteiger partial charge in [0.15, 0.2) is 0 Å². The van der Waals surface area contributed by atoms with Crippen molar-refractivity contribution >= 4 is 29.1 Å². The molecule has 2 aromatic rings. The van der Waals surface area contributed by atoms with Crippen molar-refractivity contribution in [2.45, 2.75) is 62.0 Å². The molecule has 0 aromatic heterocycles. The largest absolute Gasteiger partial charge is 0.508 e. The van der Waals surface area contributed by atoms with Crippen molar-refractivity contribution < 1.29 is 14.6 Å². The average Bonchev–Trinajstić information content (AvgIpc) is 3.65. The zero-order chi connectivity index (χ0) is 24.6. The number of hydrogen-bond acceptors (Lipinski definition) is 4. The van der Waals surface area contributed by atoms with Crippen LogP contribution in [0.2, 0.25) is 10.0 Å². The number of carbonyl (C=O) groups is 1. The molecule has 3 aliphatic rings. The minimum atomic E-state index is -0.348. The van der Waals surface area contributed by atoms with Gasteiger partial charge in [-0.2, -0.15) is 0 Å². The van der Waals surface area contributed by atoms with E-state index in [1.165, 1.54) is 12.8 Å². The second-order valence-corrected chi connectivity index (χ2v) is 11.5. The van der Waals surface area contributed by atoms with Gasteiger partial charge >= 0.3 is 0 Å². The van der Waals surface area contributed by atoms with E-state index in [4.69, 9.17) is 27.9 Å². The van der Waals surface area contributed by atoms with Gasteiger partial charge in [-0.25, -0.2) is 0 Å². The third-order valence-electron chi connectivity index (χ3n) is 8.41. The molecule has 2 N–H and O–H groups in total. The van der Waals surface area contributed by atoms with Gasteiger partial charge in [0.2, 0.25) is 5.91 Å². The maximum atomic E-state index is 13.0. The van der Waals surface area contributed by atoms with Crippen molar-refractivity contribution in [3.05, 3.63) is 63.6 Å². The molecular weight excluding hydrogens is 483 g/mol. The maximum absolute atomic E-state index is 13.0. The maximum Gasteiger partial charge on any atom is 0.224 e. The van der Waals surface area contributed by atoms with E-state index in [1.807, 2.05) is 25.3 Å². The molecule has 2 aromatic carbocycles. The summed E-state index contributed by atoms with van der Waals surface area (Å²) < 4.78 is 6.42. The Balaban J connectivity index is 1.38. The van der Waals surface area contributed by atoms with Crippen LogP contribution in [0.25, 0.3) is 0 Å². The molecule has 0 spiro atoms. The van der Waals surface area contributed by atoms with E-state index in [0.717, 1.165) is 62.4 Å². The lowest BCUT2D eigenvalue weighted by Crippen LogP contribution is -2.68. The summed E-state index contributed by atoms with van der Waals surface area (Å²) in [4.78, 5) is 15.6. The third-order valence-corrected chi connectivity index (χ3v) is 9.15. The summed E-state index contributed by atoms with van der Waals surface area (Å²) in [5.74, 6) is 1.08. The minimum Gasteiger partial charge on any atom is -0.508 e. The zero-order valence-corrected chi connectivity index (χ0v) is 21.7. The van der Waals surface area contributed by atoms with Gasteiger partial charge in [-0.05, 0) is 86.4 Å². The fourth-order valence-corrected chi connectivity index (χ4v) is 6.77. The summed E-state index contributed by atoms with van der Waals surface area (Å²) in [6, 6.07) is 13.0. The number of carbonyl (C=O) groups excluding carboxylic acids is 1. The molecule has 3 fully saturated rings. The number of likely N-dealkylation sites (tertiary alicyclic amines) is 1. The van der Waals surface area contributed by atoms with Gasteiger partial charge in [0.05, 0.1) is 22.1 Å². The molecular formula is C28H34Cl2N2O3. The Morgan fingerprint density at radius 3 is 2.69 bits per heavy atom. The van der Waals surface area contributed by atoms with Gasteiger partial charge in [-0.3, -0.25) is 4.79 Å². The molecule has 3 unspecified atom stereocenters. The molecule has 3 atom stereocenters. The quantitative estimate of drug-likeness (QED) is 0.520. The SMILES string of the molecule is COC12CCC(NC(=O)Cc3ccc(Cl)c(Cl)c3)CC1(c1cccc(O)c1)CCN(CC1CC1)C2. The first-order valence-electron chi connectivity index (χ1n) is 12.6. The Morgan fingerprint density at radius 1 is 1.14 bits per heavy atom. The van der Waals surface area contributed by atoms with Crippen LogP contribution in [0, 0.1) is 5.92 Å². The summed E-state index contributed by atoms with van der Waals surface area (Å²) in [6.45, 7) is 3.03. The van der Waals surface area contributed by atoms with Gasteiger partial charge < -0.3 is 20.1 Å². The summed E-state index contributed by atoms with van der Waals surface area (Å²) in [5.41, 5.74) is 1.32. The van der Waals surface area contributed by atoms with Crippen LogP contribution >= 0.6 is 23.2 Å². The van der Waals surface area contributed by atoms with E-state index in [2.05, 4.69) is 16.3 Å². The lowest BCUT2D eigenvalue weighted by atomic mass is 9.55. The molecule has 1 heterocycles. The molecule has 1 aliphatic heterocycles. The monoisotopic (exact) mass is 516 g/mol. The predicted octanol–water partition coefficient (Wildman–Crippen LogP) is 5.35. The van der Waals surface area contributed by atoms with Gasteiger partial charge in [0.25, 0.3) is 0 Å². The van der Waals surface area contributed by atoms with E-state index < -0.39 is 0 Å². The van der Waals surface area contributed by atoms with Gasteiger partial charge in [-0.15, -0.1) is 0 Å². The molecule has 1 amide bonds. The number of ether oxygens (including phenoxy) is 1. The van der Waals surface area contributed by atoms with Crippen LogP contribution in [-0.2, 0) is 21.4 Å². The minimum absolute atomic E-state index is 0.0180. The first-order valence-corrected chi connectivity index (χ1v) is 13.4. The Morgan fingerprint density at radius 2 is 1.97 bits per heavy atom. The second kappa shape index (κ2) is 9.93. The molecule has 0 radical (unpaired) electrons. The fraction of sp³-hybridized carbons (Fsp3) is 0.536. The average molecular weight is 517 g/mol. The lowest BCUT2D eigenvalue weighted by Gasteiger charge is -2.60. The Hall–Kier alpha value is -1.79. The van der Waals surface area contributed by atoms with Gasteiger partial charge in [-0.1, -0.05) is 41.4 Å². The number of methoxy groups -OCH3 is 1. The highest BCUT2D eigenvalue weighted by Gasteiger charge is 2.59. The molecule has 7 heteroatoms. The van der Waals surface area contributed by atoms with E-state index >= 15 is 0 Å². The summed E-state index contributed by atoms with van der Waals surface area (Å²) in [7, 11) is 1.83.